The lowest BCUT2D eigenvalue weighted by molar-refractivity contribution is 0.153. The van der Waals surface area contributed by atoms with Crippen LogP contribution in [0.1, 0.15) is 52.4 Å². The van der Waals surface area contributed by atoms with E-state index in [0.717, 1.165) is 25.7 Å². The van der Waals surface area contributed by atoms with Crippen LogP contribution in [0.3, 0.4) is 0 Å². The monoisotopic (exact) mass is 168 g/mol. The zero-order valence-corrected chi connectivity index (χ0v) is 8.27. The molecule has 0 radical (unpaired) electrons. The number of hydrogen-bond donors (Lipinski definition) is 1. The Kier molecular flexibility index (Phi) is 8.27. The van der Waals surface area contributed by atoms with Crippen molar-refractivity contribution < 1.29 is 5.11 Å². The van der Waals surface area contributed by atoms with Gasteiger partial charge in [0.15, 0.2) is 0 Å². The maximum atomic E-state index is 9.43. The summed E-state index contributed by atoms with van der Waals surface area (Å²) in [7, 11) is 0. The number of unbranched alkanes of at least 4 members (excludes halogenated alkanes) is 2. The second-order valence-electron chi connectivity index (χ2n) is 3.12. The summed E-state index contributed by atoms with van der Waals surface area (Å²) < 4.78 is 0. The molecule has 0 fully saturated rings. The Morgan fingerprint density at radius 2 is 2.00 bits per heavy atom. The molecular weight excluding hydrogens is 148 g/mol. The third kappa shape index (κ3) is 7.63. The molecule has 1 N–H and O–H groups in total. The van der Waals surface area contributed by atoms with Crippen molar-refractivity contribution in [1.82, 2.24) is 0 Å². The van der Waals surface area contributed by atoms with Crippen molar-refractivity contribution in [3.05, 3.63) is 0 Å². The zero-order valence-electron chi connectivity index (χ0n) is 8.27. The first-order chi connectivity index (χ1) is 5.81. The molecule has 0 saturated heterocycles. The number of aliphatic hydroxyl groups excluding tert-OH is 1. The average molecular weight is 168 g/mol. The minimum absolute atomic E-state index is 0.127. The normalized spacial score (nSPS) is 11.9. The van der Waals surface area contributed by atoms with Crippen molar-refractivity contribution in [2.45, 2.75) is 58.5 Å². The van der Waals surface area contributed by atoms with Crippen molar-refractivity contribution in [2.24, 2.45) is 0 Å². The van der Waals surface area contributed by atoms with E-state index in [-0.39, 0.29) is 6.10 Å². The first kappa shape index (κ1) is 11.5. The third-order valence-corrected chi connectivity index (χ3v) is 1.92. The Morgan fingerprint density at radius 1 is 1.25 bits per heavy atom. The van der Waals surface area contributed by atoms with E-state index in [0.29, 0.717) is 0 Å². The van der Waals surface area contributed by atoms with E-state index in [4.69, 9.17) is 0 Å². The van der Waals surface area contributed by atoms with Crippen molar-refractivity contribution in [3.63, 3.8) is 0 Å². The van der Waals surface area contributed by atoms with E-state index >= 15 is 0 Å². The minimum Gasteiger partial charge on any atom is -0.393 e. The number of hydrogen-bond acceptors (Lipinski definition) is 1. The summed E-state index contributed by atoms with van der Waals surface area (Å²) in [6.45, 7) is 4.01. The first-order valence-electron chi connectivity index (χ1n) is 4.89. The topological polar surface area (TPSA) is 20.2 Å². The van der Waals surface area contributed by atoms with Gasteiger partial charge < -0.3 is 5.11 Å². The predicted octanol–water partition coefficient (Wildman–Crippen LogP) is 2.73. The van der Waals surface area contributed by atoms with Crippen LogP contribution in [0.5, 0.6) is 0 Å². The lowest BCUT2D eigenvalue weighted by atomic mass is 10.1. The summed E-state index contributed by atoms with van der Waals surface area (Å²) in [5.41, 5.74) is 0. The van der Waals surface area contributed by atoms with Gasteiger partial charge >= 0.3 is 0 Å². The van der Waals surface area contributed by atoms with Crippen LogP contribution in [-0.4, -0.2) is 11.2 Å². The van der Waals surface area contributed by atoms with Crippen LogP contribution in [0.2, 0.25) is 0 Å². The summed E-state index contributed by atoms with van der Waals surface area (Å²) in [4.78, 5) is 0. The number of aliphatic hydroxyl groups is 1. The van der Waals surface area contributed by atoms with Gasteiger partial charge in [0, 0.05) is 6.42 Å². The van der Waals surface area contributed by atoms with Gasteiger partial charge in [0.2, 0.25) is 0 Å². The molecule has 1 heteroatoms. The minimum atomic E-state index is -0.127. The van der Waals surface area contributed by atoms with Crippen molar-refractivity contribution >= 4 is 0 Å². The van der Waals surface area contributed by atoms with Gasteiger partial charge in [-0.15, -0.1) is 11.8 Å². The molecule has 12 heavy (non-hydrogen) atoms. The van der Waals surface area contributed by atoms with Gasteiger partial charge in [-0.2, -0.15) is 0 Å². The van der Waals surface area contributed by atoms with E-state index in [1.807, 2.05) is 6.92 Å². The summed E-state index contributed by atoms with van der Waals surface area (Å²) in [6.07, 6.45) is 6.10. The molecule has 1 atom stereocenters. The predicted molar refractivity (Wildman–Crippen MR) is 52.8 cm³/mol. The Labute approximate surface area is 76.2 Å². The molecule has 1 nitrogen and oxygen atoms in total. The molecule has 0 aliphatic carbocycles. The lowest BCUT2D eigenvalue weighted by Gasteiger charge is -2.06. The molecule has 0 spiro atoms. The second-order valence-corrected chi connectivity index (χ2v) is 3.12. The fourth-order valence-corrected chi connectivity index (χ4v) is 1.14. The number of rotatable bonds is 6. The molecule has 0 heterocycles. The van der Waals surface area contributed by atoms with E-state index in [9.17, 15) is 5.11 Å². The molecule has 0 bridgehead atoms. The lowest BCUT2D eigenvalue weighted by Crippen LogP contribution is -2.05. The fraction of sp³-hybridized carbons (Fsp3) is 0.818. The molecule has 0 aliphatic heterocycles. The van der Waals surface area contributed by atoms with Gasteiger partial charge in [-0.3, -0.25) is 0 Å². The molecule has 70 valence electrons. The molecular formula is C11H20O. The third-order valence-electron chi connectivity index (χ3n) is 1.92. The fourth-order valence-electron chi connectivity index (χ4n) is 1.14. The molecule has 0 aromatic rings. The molecule has 0 aliphatic rings. The summed E-state index contributed by atoms with van der Waals surface area (Å²) in [6, 6.07) is 0. The van der Waals surface area contributed by atoms with Crippen molar-refractivity contribution in [2.75, 3.05) is 0 Å². The molecule has 0 rings (SSSR count). The SMILES string of the molecule is CC#CCC[C@@H](O)CCCCC. The highest BCUT2D eigenvalue weighted by Crippen LogP contribution is 2.07. The van der Waals surface area contributed by atoms with E-state index in [1.165, 1.54) is 12.8 Å². The van der Waals surface area contributed by atoms with Gasteiger partial charge in [-0.05, 0) is 19.8 Å². The van der Waals surface area contributed by atoms with Gasteiger partial charge in [-0.1, -0.05) is 26.2 Å². The van der Waals surface area contributed by atoms with Crippen LogP contribution in [0.4, 0.5) is 0 Å². The van der Waals surface area contributed by atoms with Crippen LogP contribution in [0, 0.1) is 11.8 Å². The largest absolute Gasteiger partial charge is 0.393 e. The summed E-state index contributed by atoms with van der Waals surface area (Å²) in [5, 5.41) is 9.43. The molecule has 0 saturated carbocycles. The van der Waals surface area contributed by atoms with Gasteiger partial charge in [-0.25, -0.2) is 0 Å². The average Bonchev–Trinajstić information content (AvgIpc) is 2.06. The van der Waals surface area contributed by atoms with Crippen LogP contribution in [0.15, 0.2) is 0 Å². The first-order valence-corrected chi connectivity index (χ1v) is 4.89. The highest BCUT2D eigenvalue weighted by molar-refractivity contribution is 4.94. The van der Waals surface area contributed by atoms with Crippen LogP contribution >= 0.6 is 0 Å². The van der Waals surface area contributed by atoms with E-state index in [2.05, 4.69) is 18.8 Å². The Balaban J connectivity index is 3.19. The van der Waals surface area contributed by atoms with E-state index in [1.54, 1.807) is 0 Å². The van der Waals surface area contributed by atoms with Crippen molar-refractivity contribution in [3.8, 4) is 11.8 Å². The van der Waals surface area contributed by atoms with Crippen molar-refractivity contribution in [1.29, 1.82) is 0 Å². The van der Waals surface area contributed by atoms with Gasteiger partial charge in [0.1, 0.15) is 0 Å². The van der Waals surface area contributed by atoms with Crippen LogP contribution in [0.25, 0.3) is 0 Å². The molecule has 0 unspecified atom stereocenters. The van der Waals surface area contributed by atoms with Crippen LogP contribution < -0.4 is 0 Å². The quantitative estimate of drug-likeness (QED) is 0.477. The Bertz CT molecular complexity index is 141. The second kappa shape index (κ2) is 8.62. The smallest absolute Gasteiger partial charge is 0.0549 e. The maximum Gasteiger partial charge on any atom is 0.0549 e. The molecule has 0 aromatic heterocycles. The zero-order chi connectivity index (χ0) is 9.23. The highest BCUT2D eigenvalue weighted by Gasteiger charge is 2.01. The summed E-state index contributed by atoms with van der Waals surface area (Å²) >= 11 is 0. The Morgan fingerprint density at radius 3 is 2.58 bits per heavy atom. The molecule has 0 aromatic carbocycles. The van der Waals surface area contributed by atoms with E-state index < -0.39 is 0 Å². The maximum absolute atomic E-state index is 9.43. The Hall–Kier alpha value is -0.480. The summed E-state index contributed by atoms with van der Waals surface area (Å²) in [5.74, 6) is 5.79. The van der Waals surface area contributed by atoms with Gasteiger partial charge in [0.05, 0.1) is 6.10 Å². The standard InChI is InChI=1S/C11H20O/c1-3-5-7-9-11(12)10-8-6-4-2/h11-12H,3,5,7-10H2,1-2H3/t11-/m0/s1. The molecule has 0 amide bonds. The van der Waals surface area contributed by atoms with Crippen LogP contribution in [-0.2, 0) is 0 Å². The van der Waals surface area contributed by atoms with Gasteiger partial charge in [0.25, 0.3) is 0 Å². The highest BCUT2D eigenvalue weighted by atomic mass is 16.3.